The van der Waals surface area contributed by atoms with E-state index in [0.717, 1.165) is 23.5 Å². The molecule has 0 amide bonds. The monoisotopic (exact) mass is 266 g/mol. The van der Waals surface area contributed by atoms with E-state index in [4.69, 9.17) is 4.74 Å². The van der Waals surface area contributed by atoms with Crippen molar-refractivity contribution in [2.45, 2.75) is 50.6 Å². The molecule has 1 heterocycles. The van der Waals surface area contributed by atoms with Crippen LogP contribution in [0.5, 0.6) is 5.75 Å². The lowest BCUT2D eigenvalue weighted by Gasteiger charge is -2.27. The standard InChI is InChI=1S/C15H22O2S/c1-11(2)17-13-8-4-3-7-12(13)15(16)14-9-5-6-10-18-14/h3-4,7-8,11,14-16H,5-6,9-10H2,1-2H3. The molecule has 2 atom stereocenters. The van der Waals surface area contributed by atoms with Crippen LogP contribution in [-0.2, 0) is 0 Å². The molecule has 0 spiro atoms. The average molecular weight is 266 g/mol. The molecule has 2 unspecified atom stereocenters. The number of thioether (sulfide) groups is 1. The van der Waals surface area contributed by atoms with E-state index in [2.05, 4.69) is 0 Å². The molecule has 2 rings (SSSR count). The van der Waals surface area contributed by atoms with E-state index >= 15 is 0 Å². The second-order valence-corrected chi connectivity index (χ2v) is 6.40. The van der Waals surface area contributed by atoms with Crippen LogP contribution in [0.15, 0.2) is 24.3 Å². The number of aliphatic hydroxyl groups is 1. The molecule has 1 aromatic carbocycles. The minimum atomic E-state index is -0.412. The molecule has 0 saturated carbocycles. The SMILES string of the molecule is CC(C)Oc1ccccc1C(O)C1CCCCS1. The fraction of sp³-hybridized carbons (Fsp3) is 0.600. The number of aliphatic hydroxyl groups excluding tert-OH is 1. The Morgan fingerprint density at radius 1 is 1.28 bits per heavy atom. The maximum atomic E-state index is 10.5. The van der Waals surface area contributed by atoms with Crippen molar-refractivity contribution in [1.82, 2.24) is 0 Å². The van der Waals surface area contributed by atoms with Gasteiger partial charge in [0.05, 0.1) is 12.2 Å². The number of rotatable bonds is 4. The van der Waals surface area contributed by atoms with Crippen LogP contribution in [0.3, 0.4) is 0 Å². The molecule has 0 bridgehead atoms. The number of benzene rings is 1. The molecule has 18 heavy (non-hydrogen) atoms. The zero-order valence-corrected chi connectivity index (χ0v) is 12.0. The summed E-state index contributed by atoms with van der Waals surface area (Å²) in [7, 11) is 0. The molecular formula is C15H22O2S. The summed E-state index contributed by atoms with van der Waals surface area (Å²) in [5, 5.41) is 10.9. The van der Waals surface area contributed by atoms with Crippen LogP contribution in [0, 0.1) is 0 Å². The molecule has 1 N–H and O–H groups in total. The molecule has 3 heteroatoms. The van der Waals surface area contributed by atoms with Gasteiger partial charge in [0.25, 0.3) is 0 Å². The van der Waals surface area contributed by atoms with E-state index in [1.165, 1.54) is 12.8 Å². The predicted octanol–water partition coefficient (Wildman–Crippen LogP) is 3.79. The maximum absolute atomic E-state index is 10.5. The van der Waals surface area contributed by atoms with Crippen molar-refractivity contribution >= 4 is 11.8 Å². The Morgan fingerprint density at radius 2 is 2.06 bits per heavy atom. The maximum Gasteiger partial charge on any atom is 0.125 e. The summed E-state index contributed by atoms with van der Waals surface area (Å²) in [6.45, 7) is 4.02. The highest BCUT2D eigenvalue weighted by Crippen LogP contribution is 2.38. The lowest BCUT2D eigenvalue weighted by atomic mass is 10.0. The molecule has 100 valence electrons. The third kappa shape index (κ3) is 3.42. The molecule has 1 saturated heterocycles. The molecule has 0 radical (unpaired) electrons. The van der Waals surface area contributed by atoms with Crippen molar-refractivity contribution in [3.63, 3.8) is 0 Å². The molecule has 1 aliphatic heterocycles. The van der Waals surface area contributed by atoms with Crippen LogP contribution in [0.2, 0.25) is 0 Å². The fourth-order valence-electron chi connectivity index (χ4n) is 2.30. The van der Waals surface area contributed by atoms with Gasteiger partial charge in [0, 0.05) is 10.8 Å². The number of hydrogen-bond donors (Lipinski definition) is 1. The Balaban J connectivity index is 2.15. The van der Waals surface area contributed by atoms with E-state index in [1.807, 2.05) is 49.9 Å². The van der Waals surface area contributed by atoms with Crippen LogP contribution < -0.4 is 4.74 Å². The Labute approximate surface area is 114 Å². The number of ether oxygens (including phenoxy) is 1. The van der Waals surface area contributed by atoms with E-state index < -0.39 is 6.10 Å². The van der Waals surface area contributed by atoms with Crippen LogP contribution in [0.4, 0.5) is 0 Å². The summed E-state index contributed by atoms with van der Waals surface area (Å²) >= 11 is 1.89. The van der Waals surface area contributed by atoms with E-state index in [0.29, 0.717) is 5.25 Å². The summed E-state index contributed by atoms with van der Waals surface area (Å²) in [5.74, 6) is 1.99. The Kier molecular flexibility index (Phi) is 4.95. The smallest absolute Gasteiger partial charge is 0.125 e. The first-order valence-electron chi connectivity index (χ1n) is 6.73. The van der Waals surface area contributed by atoms with E-state index in [-0.39, 0.29) is 6.10 Å². The highest BCUT2D eigenvalue weighted by Gasteiger charge is 2.26. The molecular weight excluding hydrogens is 244 g/mol. The molecule has 2 nitrogen and oxygen atoms in total. The van der Waals surface area contributed by atoms with E-state index in [1.54, 1.807) is 0 Å². The quantitative estimate of drug-likeness (QED) is 0.899. The van der Waals surface area contributed by atoms with Crippen molar-refractivity contribution in [3.8, 4) is 5.75 Å². The summed E-state index contributed by atoms with van der Waals surface area (Å²) in [6.07, 6.45) is 3.32. The predicted molar refractivity (Wildman–Crippen MR) is 77.3 cm³/mol. The third-order valence-corrected chi connectivity index (χ3v) is 4.61. The third-order valence-electron chi connectivity index (χ3n) is 3.17. The van der Waals surface area contributed by atoms with Gasteiger partial charge in [-0.05, 0) is 38.5 Å². The van der Waals surface area contributed by atoms with Gasteiger partial charge in [-0.1, -0.05) is 24.6 Å². The Morgan fingerprint density at radius 3 is 2.72 bits per heavy atom. The molecule has 1 fully saturated rings. The van der Waals surface area contributed by atoms with Gasteiger partial charge in [0.15, 0.2) is 0 Å². The van der Waals surface area contributed by atoms with Crippen molar-refractivity contribution in [1.29, 1.82) is 0 Å². The van der Waals surface area contributed by atoms with Crippen molar-refractivity contribution in [2.24, 2.45) is 0 Å². The van der Waals surface area contributed by atoms with Crippen LogP contribution in [0.25, 0.3) is 0 Å². The second kappa shape index (κ2) is 6.48. The van der Waals surface area contributed by atoms with Gasteiger partial charge >= 0.3 is 0 Å². The van der Waals surface area contributed by atoms with Crippen molar-refractivity contribution < 1.29 is 9.84 Å². The topological polar surface area (TPSA) is 29.5 Å². The Hall–Kier alpha value is -0.670. The summed E-state index contributed by atoms with van der Waals surface area (Å²) in [5.41, 5.74) is 0.936. The lowest BCUT2D eigenvalue weighted by Crippen LogP contribution is -2.20. The van der Waals surface area contributed by atoms with Crippen LogP contribution in [0.1, 0.15) is 44.8 Å². The summed E-state index contributed by atoms with van der Waals surface area (Å²) in [4.78, 5) is 0. The summed E-state index contributed by atoms with van der Waals surface area (Å²) < 4.78 is 5.79. The highest BCUT2D eigenvalue weighted by atomic mass is 32.2. The minimum absolute atomic E-state index is 0.136. The van der Waals surface area contributed by atoms with Crippen LogP contribution in [-0.4, -0.2) is 22.2 Å². The zero-order chi connectivity index (χ0) is 13.0. The summed E-state index contributed by atoms with van der Waals surface area (Å²) in [6, 6.07) is 7.87. The number of hydrogen-bond acceptors (Lipinski definition) is 3. The van der Waals surface area contributed by atoms with Gasteiger partial charge in [0.2, 0.25) is 0 Å². The van der Waals surface area contributed by atoms with Gasteiger partial charge in [-0.2, -0.15) is 11.8 Å². The largest absolute Gasteiger partial charge is 0.491 e. The molecule has 1 aliphatic rings. The van der Waals surface area contributed by atoms with Gasteiger partial charge in [-0.3, -0.25) is 0 Å². The molecule has 1 aromatic rings. The van der Waals surface area contributed by atoms with Gasteiger partial charge < -0.3 is 9.84 Å². The first-order valence-corrected chi connectivity index (χ1v) is 7.78. The molecule has 0 aromatic heterocycles. The van der Waals surface area contributed by atoms with Gasteiger partial charge in [-0.25, -0.2) is 0 Å². The van der Waals surface area contributed by atoms with Gasteiger partial charge in [-0.15, -0.1) is 0 Å². The highest BCUT2D eigenvalue weighted by molar-refractivity contribution is 7.99. The zero-order valence-electron chi connectivity index (χ0n) is 11.1. The molecule has 0 aliphatic carbocycles. The average Bonchev–Trinajstić information content (AvgIpc) is 2.39. The van der Waals surface area contributed by atoms with Crippen molar-refractivity contribution in [2.75, 3.05) is 5.75 Å². The lowest BCUT2D eigenvalue weighted by molar-refractivity contribution is 0.158. The van der Waals surface area contributed by atoms with Crippen LogP contribution >= 0.6 is 11.8 Å². The normalized spacial score (nSPS) is 21.9. The fourth-order valence-corrected chi connectivity index (χ4v) is 3.64. The van der Waals surface area contributed by atoms with Gasteiger partial charge in [0.1, 0.15) is 5.75 Å². The number of para-hydroxylation sites is 1. The van der Waals surface area contributed by atoms with E-state index in [9.17, 15) is 5.11 Å². The Bertz CT molecular complexity index is 373. The first-order chi connectivity index (χ1) is 8.68. The van der Waals surface area contributed by atoms with Crippen molar-refractivity contribution in [3.05, 3.63) is 29.8 Å². The first kappa shape index (κ1) is 13.8. The second-order valence-electron chi connectivity index (χ2n) is 5.05. The minimum Gasteiger partial charge on any atom is -0.491 e.